The summed E-state index contributed by atoms with van der Waals surface area (Å²) in [5.74, 6) is 1.45. The van der Waals surface area contributed by atoms with Gasteiger partial charge in [0, 0.05) is 22.6 Å². The predicted molar refractivity (Wildman–Crippen MR) is 140 cm³/mol. The van der Waals surface area contributed by atoms with Crippen molar-refractivity contribution >= 4 is 35.0 Å². The van der Waals surface area contributed by atoms with E-state index in [1.165, 1.54) is 11.8 Å². The van der Waals surface area contributed by atoms with E-state index in [0.29, 0.717) is 48.3 Å². The molecule has 35 heavy (non-hydrogen) atoms. The van der Waals surface area contributed by atoms with Gasteiger partial charge in [-0.05, 0) is 57.2 Å². The van der Waals surface area contributed by atoms with Crippen molar-refractivity contribution in [3.05, 3.63) is 72.3 Å². The van der Waals surface area contributed by atoms with Crippen LogP contribution in [0.1, 0.15) is 31.1 Å². The van der Waals surface area contributed by atoms with Gasteiger partial charge in [-0.1, -0.05) is 18.2 Å². The van der Waals surface area contributed by atoms with Crippen molar-refractivity contribution in [2.45, 2.75) is 25.7 Å². The number of rotatable bonds is 12. The molecule has 0 spiro atoms. The zero-order valence-electron chi connectivity index (χ0n) is 20.1. The van der Waals surface area contributed by atoms with Gasteiger partial charge in [-0.3, -0.25) is 9.59 Å². The molecule has 0 radical (unpaired) electrons. The second-order valence-corrected chi connectivity index (χ2v) is 8.32. The highest BCUT2D eigenvalue weighted by Gasteiger charge is 2.17. The molecule has 0 fully saturated rings. The second kappa shape index (κ2) is 13.3. The number of anilines is 2. The van der Waals surface area contributed by atoms with Crippen molar-refractivity contribution in [2.75, 3.05) is 36.2 Å². The molecule has 0 aromatic heterocycles. The van der Waals surface area contributed by atoms with Gasteiger partial charge in [-0.2, -0.15) is 0 Å². The fourth-order valence-electron chi connectivity index (χ4n) is 3.22. The van der Waals surface area contributed by atoms with Gasteiger partial charge in [0.25, 0.3) is 5.91 Å². The topological polar surface area (TPSA) is 85.9 Å². The molecular weight excluding hydrogens is 464 g/mol. The minimum atomic E-state index is -0.266. The lowest BCUT2D eigenvalue weighted by atomic mass is 10.2. The first kappa shape index (κ1) is 26.0. The first-order valence-electron chi connectivity index (χ1n) is 11.5. The maximum absolute atomic E-state index is 12.7. The summed E-state index contributed by atoms with van der Waals surface area (Å²) in [7, 11) is 0. The van der Waals surface area contributed by atoms with Gasteiger partial charge >= 0.3 is 0 Å². The Hall–Kier alpha value is -3.65. The van der Waals surface area contributed by atoms with Crippen molar-refractivity contribution in [1.29, 1.82) is 0 Å². The van der Waals surface area contributed by atoms with Crippen LogP contribution in [0.15, 0.2) is 71.6 Å². The number of ether oxygens (including phenoxy) is 3. The van der Waals surface area contributed by atoms with Crippen molar-refractivity contribution in [1.82, 2.24) is 0 Å². The lowest BCUT2D eigenvalue weighted by Gasteiger charge is -2.18. The van der Waals surface area contributed by atoms with E-state index in [1.54, 1.807) is 36.4 Å². The van der Waals surface area contributed by atoms with Crippen LogP contribution >= 0.6 is 11.8 Å². The fraction of sp³-hybridized carbons (Fsp3) is 0.259. The summed E-state index contributed by atoms with van der Waals surface area (Å²) in [5, 5.41) is 5.79. The van der Waals surface area contributed by atoms with Crippen LogP contribution in [0.5, 0.6) is 17.2 Å². The maximum Gasteiger partial charge on any atom is 0.255 e. The molecule has 8 heteroatoms. The van der Waals surface area contributed by atoms with Gasteiger partial charge in [0.15, 0.2) is 0 Å². The summed E-state index contributed by atoms with van der Waals surface area (Å²) >= 11 is 1.42. The molecule has 2 N–H and O–H groups in total. The SMILES string of the molecule is CCOc1ccc(SCC(=O)Nc2cc(OCC)c(NC(=O)c3ccccc3)cc2OCC)cc1. The van der Waals surface area contributed by atoms with Gasteiger partial charge in [-0.25, -0.2) is 0 Å². The summed E-state index contributed by atoms with van der Waals surface area (Å²) in [5.41, 5.74) is 1.47. The highest BCUT2D eigenvalue weighted by atomic mass is 32.2. The van der Waals surface area contributed by atoms with Crippen molar-refractivity contribution in [3.63, 3.8) is 0 Å². The standard InChI is InChI=1S/C27H30N2O5S/c1-4-32-20-12-14-21(15-13-20)35-18-26(30)28-22-16-25(34-6-3)23(17-24(22)33-5-2)29-27(31)19-10-8-7-9-11-19/h7-17H,4-6,18H2,1-3H3,(H,28,30)(H,29,31). The van der Waals surface area contributed by atoms with Crippen molar-refractivity contribution in [3.8, 4) is 17.2 Å². The van der Waals surface area contributed by atoms with E-state index in [-0.39, 0.29) is 17.6 Å². The molecule has 0 saturated carbocycles. The number of thioether (sulfide) groups is 1. The predicted octanol–water partition coefficient (Wildman–Crippen LogP) is 5.87. The van der Waals surface area contributed by atoms with Crippen LogP contribution in [0.2, 0.25) is 0 Å². The normalized spacial score (nSPS) is 10.4. The van der Waals surface area contributed by atoms with E-state index >= 15 is 0 Å². The molecule has 0 heterocycles. The third kappa shape index (κ3) is 7.68. The molecule has 0 atom stereocenters. The summed E-state index contributed by atoms with van der Waals surface area (Å²) in [4.78, 5) is 26.4. The van der Waals surface area contributed by atoms with E-state index in [4.69, 9.17) is 14.2 Å². The average Bonchev–Trinajstić information content (AvgIpc) is 2.87. The monoisotopic (exact) mass is 494 g/mol. The van der Waals surface area contributed by atoms with Gasteiger partial charge in [-0.15, -0.1) is 11.8 Å². The number of hydrogen-bond acceptors (Lipinski definition) is 6. The first-order chi connectivity index (χ1) is 17.0. The zero-order chi connectivity index (χ0) is 25.0. The Morgan fingerprint density at radius 1 is 0.743 bits per heavy atom. The molecule has 3 rings (SSSR count). The van der Waals surface area contributed by atoms with Crippen LogP contribution in [-0.4, -0.2) is 37.4 Å². The number of carbonyl (C=O) groups excluding carboxylic acids is 2. The van der Waals surface area contributed by atoms with Crippen LogP contribution in [0.4, 0.5) is 11.4 Å². The first-order valence-corrected chi connectivity index (χ1v) is 12.5. The van der Waals surface area contributed by atoms with E-state index < -0.39 is 0 Å². The molecule has 0 aliphatic rings. The van der Waals surface area contributed by atoms with Gasteiger partial charge in [0.2, 0.25) is 5.91 Å². The van der Waals surface area contributed by atoms with E-state index in [9.17, 15) is 9.59 Å². The minimum Gasteiger partial charge on any atom is -0.494 e. The van der Waals surface area contributed by atoms with E-state index in [0.717, 1.165) is 10.6 Å². The van der Waals surface area contributed by atoms with Gasteiger partial charge in [0.05, 0.1) is 36.9 Å². The Bertz CT molecular complexity index is 1120. The molecule has 0 unspecified atom stereocenters. The Balaban J connectivity index is 1.74. The Morgan fingerprint density at radius 2 is 1.31 bits per heavy atom. The van der Waals surface area contributed by atoms with Crippen molar-refractivity contribution < 1.29 is 23.8 Å². The molecule has 7 nitrogen and oxygen atoms in total. The van der Waals surface area contributed by atoms with Crippen LogP contribution in [0, 0.1) is 0 Å². The molecule has 0 saturated heterocycles. The largest absolute Gasteiger partial charge is 0.494 e. The Labute approximate surface area is 210 Å². The smallest absolute Gasteiger partial charge is 0.255 e. The maximum atomic E-state index is 12.7. The van der Waals surface area contributed by atoms with Gasteiger partial charge in [0.1, 0.15) is 17.2 Å². The fourth-order valence-corrected chi connectivity index (χ4v) is 3.92. The highest BCUT2D eigenvalue weighted by Crippen LogP contribution is 2.37. The van der Waals surface area contributed by atoms with E-state index in [2.05, 4.69) is 10.6 Å². The number of hydrogen-bond donors (Lipinski definition) is 2. The number of amides is 2. The molecule has 3 aromatic carbocycles. The van der Waals surface area contributed by atoms with Crippen molar-refractivity contribution in [2.24, 2.45) is 0 Å². The minimum absolute atomic E-state index is 0.187. The van der Waals surface area contributed by atoms with Gasteiger partial charge < -0.3 is 24.8 Å². The molecule has 0 aliphatic heterocycles. The summed E-state index contributed by atoms with van der Waals surface area (Å²) in [6.45, 7) is 7.03. The zero-order valence-corrected chi connectivity index (χ0v) is 20.9. The summed E-state index contributed by atoms with van der Waals surface area (Å²) in [6.07, 6.45) is 0. The van der Waals surface area contributed by atoms with Crippen LogP contribution in [-0.2, 0) is 4.79 Å². The lowest BCUT2D eigenvalue weighted by molar-refractivity contribution is -0.113. The summed E-state index contributed by atoms with van der Waals surface area (Å²) < 4.78 is 17.0. The Kier molecular flexibility index (Phi) is 9.86. The summed E-state index contributed by atoms with van der Waals surface area (Å²) in [6, 6.07) is 19.9. The molecule has 184 valence electrons. The molecule has 2 amide bonds. The number of carbonyl (C=O) groups is 2. The average molecular weight is 495 g/mol. The van der Waals surface area contributed by atoms with Crippen LogP contribution in [0.3, 0.4) is 0 Å². The third-order valence-electron chi connectivity index (χ3n) is 4.74. The lowest BCUT2D eigenvalue weighted by Crippen LogP contribution is -2.16. The quantitative estimate of drug-likeness (QED) is 0.307. The Morgan fingerprint density at radius 3 is 1.89 bits per heavy atom. The molecular formula is C27H30N2O5S. The highest BCUT2D eigenvalue weighted by molar-refractivity contribution is 8.00. The van der Waals surface area contributed by atoms with Crippen LogP contribution < -0.4 is 24.8 Å². The molecule has 0 bridgehead atoms. The van der Waals surface area contributed by atoms with Crippen LogP contribution in [0.25, 0.3) is 0 Å². The molecule has 3 aromatic rings. The number of benzene rings is 3. The third-order valence-corrected chi connectivity index (χ3v) is 5.76. The molecule has 0 aliphatic carbocycles. The number of nitrogens with one attached hydrogen (secondary N) is 2. The van der Waals surface area contributed by atoms with E-state index in [1.807, 2.05) is 51.1 Å². The second-order valence-electron chi connectivity index (χ2n) is 7.27.